The van der Waals surface area contributed by atoms with Crippen molar-refractivity contribution in [2.24, 2.45) is 0 Å². The molecule has 2 aromatic rings. The van der Waals surface area contributed by atoms with Crippen LogP contribution in [0, 0.1) is 5.82 Å². The van der Waals surface area contributed by atoms with Crippen LogP contribution in [0.2, 0.25) is 0 Å². The number of nitrogens with one attached hydrogen (secondary N) is 1. The Balaban J connectivity index is 1.64. The van der Waals surface area contributed by atoms with Crippen LogP contribution in [0.25, 0.3) is 11.4 Å². The lowest BCUT2D eigenvalue weighted by Crippen LogP contribution is -2.42. The molecule has 7 heteroatoms. The fourth-order valence-corrected chi connectivity index (χ4v) is 4.04. The fourth-order valence-electron chi connectivity index (χ4n) is 3.22. The van der Waals surface area contributed by atoms with Crippen LogP contribution in [0.1, 0.15) is 39.0 Å². The lowest BCUT2D eigenvalue weighted by Gasteiger charge is -2.32. The predicted octanol–water partition coefficient (Wildman–Crippen LogP) is 3.88. The minimum Gasteiger partial charge on any atom is -0.342 e. The van der Waals surface area contributed by atoms with Gasteiger partial charge < -0.3 is 4.90 Å². The highest BCUT2D eigenvalue weighted by molar-refractivity contribution is 8.00. The first-order valence-electron chi connectivity index (χ1n) is 8.67. The molecule has 1 heterocycles. The highest BCUT2D eigenvalue weighted by atomic mass is 32.2. The summed E-state index contributed by atoms with van der Waals surface area (Å²) in [5.74, 6) is 0.117. The average Bonchev–Trinajstić information content (AvgIpc) is 3.09. The molecule has 3 rings (SSSR count). The molecule has 5 nitrogen and oxygen atoms in total. The Hall–Kier alpha value is -1.89. The molecule has 134 valence electrons. The second-order valence-corrected chi connectivity index (χ2v) is 7.76. The van der Waals surface area contributed by atoms with Gasteiger partial charge in [-0.05, 0) is 31.9 Å². The quantitative estimate of drug-likeness (QED) is 0.820. The van der Waals surface area contributed by atoms with Crippen molar-refractivity contribution in [1.82, 2.24) is 20.1 Å². The molecule has 1 saturated carbocycles. The van der Waals surface area contributed by atoms with E-state index in [0.717, 1.165) is 12.8 Å². The average molecular weight is 362 g/mol. The van der Waals surface area contributed by atoms with Crippen LogP contribution >= 0.6 is 11.8 Å². The van der Waals surface area contributed by atoms with Gasteiger partial charge in [0, 0.05) is 13.1 Å². The summed E-state index contributed by atoms with van der Waals surface area (Å²) in [7, 11) is 1.89. The third-order valence-corrected chi connectivity index (χ3v) is 5.64. The van der Waals surface area contributed by atoms with Crippen LogP contribution < -0.4 is 0 Å². The summed E-state index contributed by atoms with van der Waals surface area (Å²) in [6.45, 7) is 1.87. The van der Waals surface area contributed by atoms with Crippen LogP contribution in [0.15, 0.2) is 29.4 Å². The molecule has 1 aliphatic rings. The van der Waals surface area contributed by atoms with Gasteiger partial charge >= 0.3 is 0 Å². The molecule has 0 bridgehead atoms. The van der Waals surface area contributed by atoms with E-state index < -0.39 is 0 Å². The van der Waals surface area contributed by atoms with E-state index in [1.807, 2.05) is 18.9 Å². The number of aromatic nitrogens is 3. The smallest absolute Gasteiger partial charge is 0.235 e. The van der Waals surface area contributed by atoms with Crippen molar-refractivity contribution >= 4 is 17.7 Å². The van der Waals surface area contributed by atoms with E-state index in [2.05, 4.69) is 15.2 Å². The number of carbonyl (C=O) groups excluding carboxylic acids is 1. The summed E-state index contributed by atoms with van der Waals surface area (Å²) in [5, 5.41) is 7.04. The molecule has 0 saturated heterocycles. The maximum atomic E-state index is 13.8. The molecule has 1 aromatic carbocycles. The number of hydrogen-bond donors (Lipinski definition) is 1. The van der Waals surface area contributed by atoms with E-state index in [-0.39, 0.29) is 17.0 Å². The Morgan fingerprint density at radius 2 is 2.04 bits per heavy atom. The number of benzene rings is 1. The third kappa shape index (κ3) is 4.21. The Kier molecular flexibility index (Phi) is 5.73. The van der Waals surface area contributed by atoms with Gasteiger partial charge in [0.25, 0.3) is 0 Å². The van der Waals surface area contributed by atoms with Crippen LogP contribution in [-0.2, 0) is 4.79 Å². The zero-order valence-corrected chi connectivity index (χ0v) is 15.4. The number of H-pyrrole nitrogens is 1. The first-order valence-corrected chi connectivity index (χ1v) is 9.55. The minimum absolute atomic E-state index is 0.0918. The number of nitrogens with zero attached hydrogens (tertiary/aromatic N) is 3. The molecule has 0 aliphatic heterocycles. The molecule has 1 fully saturated rings. The second-order valence-electron chi connectivity index (χ2n) is 6.45. The number of hydrogen-bond acceptors (Lipinski definition) is 4. The number of halogens is 1. The van der Waals surface area contributed by atoms with Crippen molar-refractivity contribution < 1.29 is 9.18 Å². The SMILES string of the molecule is CC(Sc1n[nH]c(-c2ccccc2F)n1)C(=O)N(C)C1CCCCC1. The predicted molar refractivity (Wildman–Crippen MR) is 96.7 cm³/mol. The normalized spacial score (nSPS) is 16.6. The molecule has 1 atom stereocenters. The van der Waals surface area contributed by atoms with Gasteiger partial charge in [-0.3, -0.25) is 9.89 Å². The first-order chi connectivity index (χ1) is 12.1. The molecule has 1 aliphatic carbocycles. The number of aromatic amines is 1. The van der Waals surface area contributed by atoms with Crippen molar-refractivity contribution in [3.8, 4) is 11.4 Å². The Labute approximate surface area is 151 Å². The summed E-state index contributed by atoms with van der Waals surface area (Å²) in [5.41, 5.74) is 0.375. The van der Waals surface area contributed by atoms with Crippen LogP contribution in [0.4, 0.5) is 4.39 Å². The maximum absolute atomic E-state index is 13.8. The summed E-state index contributed by atoms with van der Waals surface area (Å²) in [6, 6.07) is 6.75. The molecule has 1 aromatic heterocycles. The van der Waals surface area contributed by atoms with Crippen molar-refractivity contribution in [2.45, 2.75) is 55.5 Å². The van der Waals surface area contributed by atoms with E-state index in [9.17, 15) is 9.18 Å². The van der Waals surface area contributed by atoms with Gasteiger partial charge in [0.15, 0.2) is 5.82 Å². The van der Waals surface area contributed by atoms with Crippen molar-refractivity contribution in [3.05, 3.63) is 30.1 Å². The topological polar surface area (TPSA) is 61.9 Å². The van der Waals surface area contributed by atoms with Crippen molar-refractivity contribution in [2.75, 3.05) is 7.05 Å². The minimum atomic E-state index is -0.351. The third-order valence-electron chi connectivity index (χ3n) is 4.69. The lowest BCUT2D eigenvalue weighted by atomic mass is 9.94. The fraction of sp³-hybridized carbons (Fsp3) is 0.500. The molecule has 0 spiro atoms. The number of thioether (sulfide) groups is 1. The van der Waals surface area contributed by atoms with Crippen LogP contribution in [-0.4, -0.2) is 44.3 Å². The zero-order valence-electron chi connectivity index (χ0n) is 14.5. The Morgan fingerprint density at radius 3 is 2.76 bits per heavy atom. The number of carbonyl (C=O) groups is 1. The molecular weight excluding hydrogens is 339 g/mol. The molecule has 1 amide bonds. The highest BCUT2D eigenvalue weighted by Gasteiger charge is 2.27. The van der Waals surface area contributed by atoms with Gasteiger partial charge in [-0.25, -0.2) is 9.37 Å². The Morgan fingerprint density at radius 1 is 1.32 bits per heavy atom. The zero-order chi connectivity index (χ0) is 17.8. The van der Waals surface area contributed by atoms with E-state index in [1.165, 1.54) is 37.1 Å². The maximum Gasteiger partial charge on any atom is 0.235 e. The lowest BCUT2D eigenvalue weighted by molar-refractivity contribution is -0.131. The van der Waals surface area contributed by atoms with Gasteiger partial charge in [-0.1, -0.05) is 43.2 Å². The Bertz CT molecular complexity index is 729. The standard InChI is InChI=1S/C18H23FN4OS/c1-12(17(24)23(2)13-8-4-3-5-9-13)25-18-20-16(21-22-18)14-10-6-7-11-15(14)19/h6-7,10-13H,3-5,8-9H2,1-2H3,(H,20,21,22). The van der Waals surface area contributed by atoms with E-state index in [0.29, 0.717) is 22.6 Å². The van der Waals surface area contributed by atoms with E-state index in [1.54, 1.807) is 18.2 Å². The molecule has 25 heavy (non-hydrogen) atoms. The van der Waals surface area contributed by atoms with Crippen molar-refractivity contribution in [1.29, 1.82) is 0 Å². The highest BCUT2D eigenvalue weighted by Crippen LogP contribution is 2.27. The molecular formula is C18H23FN4OS. The number of rotatable bonds is 5. The number of amides is 1. The van der Waals surface area contributed by atoms with E-state index >= 15 is 0 Å². The molecule has 1 N–H and O–H groups in total. The van der Waals surface area contributed by atoms with Crippen molar-refractivity contribution in [3.63, 3.8) is 0 Å². The summed E-state index contributed by atoms with van der Waals surface area (Å²) in [6.07, 6.45) is 5.81. The van der Waals surface area contributed by atoms with Gasteiger partial charge in [-0.2, -0.15) is 0 Å². The second kappa shape index (κ2) is 7.99. The monoisotopic (exact) mass is 362 g/mol. The summed E-state index contributed by atoms with van der Waals surface area (Å²) >= 11 is 1.30. The van der Waals surface area contributed by atoms with E-state index in [4.69, 9.17) is 0 Å². The van der Waals surface area contributed by atoms with Gasteiger partial charge in [0.1, 0.15) is 5.82 Å². The van der Waals surface area contributed by atoms with Crippen LogP contribution in [0.5, 0.6) is 0 Å². The van der Waals surface area contributed by atoms with Gasteiger partial charge in [0.2, 0.25) is 11.1 Å². The molecule has 1 unspecified atom stereocenters. The summed E-state index contributed by atoms with van der Waals surface area (Å²) in [4.78, 5) is 18.9. The summed E-state index contributed by atoms with van der Waals surface area (Å²) < 4.78 is 13.8. The largest absolute Gasteiger partial charge is 0.342 e. The van der Waals surface area contributed by atoms with Gasteiger partial charge in [-0.15, -0.1) is 5.10 Å². The molecule has 0 radical (unpaired) electrons. The van der Waals surface area contributed by atoms with Gasteiger partial charge in [0.05, 0.1) is 10.8 Å². The first kappa shape index (κ1) is 17.9. The van der Waals surface area contributed by atoms with Crippen LogP contribution in [0.3, 0.4) is 0 Å².